The predicted molar refractivity (Wildman–Crippen MR) is 61.5 cm³/mol. The molecular weight excluding hydrogens is 254 g/mol. The standard InChI is InChI=1S/C4H10O5P2.C4H10O/c1-3-7-10(5)9-11(6)8-4-2;1-4(2)3-5/h3-4H2,1-2H3;4-5H,3H2,1-2H3/q+2;. The van der Waals surface area contributed by atoms with Crippen LogP contribution in [-0.4, -0.2) is 24.9 Å². The molecule has 0 aliphatic heterocycles. The van der Waals surface area contributed by atoms with E-state index >= 15 is 0 Å². The molecule has 0 fully saturated rings. The second-order valence-electron chi connectivity index (χ2n) is 2.94. The SMILES string of the molecule is CC(C)CO.CCO[P+](=O)O[P+](=O)OCC. The first kappa shape index (κ1) is 18.4. The number of hydrogen-bond donors (Lipinski definition) is 1. The summed E-state index contributed by atoms with van der Waals surface area (Å²) in [6, 6.07) is 0. The summed E-state index contributed by atoms with van der Waals surface area (Å²) >= 11 is 0. The fourth-order valence-electron chi connectivity index (χ4n) is 0.312. The number of aliphatic hydroxyl groups is 1. The molecule has 6 nitrogen and oxygen atoms in total. The molecule has 0 aromatic rings. The van der Waals surface area contributed by atoms with Crippen molar-refractivity contribution in [3.05, 3.63) is 0 Å². The van der Waals surface area contributed by atoms with Crippen LogP contribution < -0.4 is 0 Å². The zero-order valence-corrected chi connectivity index (χ0v) is 11.9. The topological polar surface area (TPSA) is 82.1 Å². The third-order valence-corrected chi connectivity index (χ3v) is 2.97. The van der Waals surface area contributed by atoms with Crippen molar-refractivity contribution < 1.29 is 27.6 Å². The van der Waals surface area contributed by atoms with Gasteiger partial charge in [-0.3, -0.25) is 0 Å². The zero-order valence-electron chi connectivity index (χ0n) is 10.1. The summed E-state index contributed by atoms with van der Waals surface area (Å²) in [6.07, 6.45) is 0. The average Bonchev–Trinajstić information content (AvgIpc) is 2.19. The van der Waals surface area contributed by atoms with E-state index < -0.39 is 16.5 Å². The molecule has 2 atom stereocenters. The first-order valence-corrected chi connectivity index (χ1v) is 7.16. The van der Waals surface area contributed by atoms with Gasteiger partial charge < -0.3 is 5.11 Å². The summed E-state index contributed by atoms with van der Waals surface area (Å²) < 4.78 is 34.4. The molecule has 1 N–H and O–H groups in total. The van der Waals surface area contributed by atoms with Crippen molar-refractivity contribution in [3.8, 4) is 0 Å². The molecule has 96 valence electrons. The third-order valence-electron chi connectivity index (χ3n) is 0.967. The monoisotopic (exact) mass is 274 g/mol. The van der Waals surface area contributed by atoms with Crippen LogP contribution in [0.2, 0.25) is 0 Å². The smallest absolute Gasteiger partial charge is 0.396 e. The van der Waals surface area contributed by atoms with E-state index in [2.05, 4.69) is 13.4 Å². The van der Waals surface area contributed by atoms with Gasteiger partial charge >= 0.3 is 16.5 Å². The van der Waals surface area contributed by atoms with E-state index in [4.69, 9.17) is 5.11 Å². The maximum atomic E-state index is 10.6. The molecule has 0 spiro atoms. The Hall–Kier alpha value is 0.0400. The minimum Gasteiger partial charge on any atom is -0.396 e. The summed E-state index contributed by atoms with van der Waals surface area (Å²) in [5.41, 5.74) is 0. The van der Waals surface area contributed by atoms with Gasteiger partial charge in [0.25, 0.3) is 0 Å². The number of aliphatic hydroxyl groups excluding tert-OH is 1. The average molecular weight is 274 g/mol. The lowest BCUT2D eigenvalue weighted by Gasteiger charge is -1.90. The van der Waals surface area contributed by atoms with E-state index in [1.54, 1.807) is 13.8 Å². The Labute approximate surface area is 98.2 Å². The van der Waals surface area contributed by atoms with Crippen LogP contribution in [0.15, 0.2) is 0 Å². The van der Waals surface area contributed by atoms with Crippen molar-refractivity contribution in [3.63, 3.8) is 0 Å². The molecule has 0 bridgehead atoms. The Morgan fingerprint density at radius 2 is 1.38 bits per heavy atom. The van der Waals surface area contributed by atoms with Gasteiger partial charge in [0.05, 0.1) is 0 Å². The molecule has 8 heteroatoms. The highest BCUT2D eigenvalue weighted by atomic mass is 31.2. The summed E-state index contributed by atoms with van der Waals surface area (Å²) in [5.74, 6) is 0.440. The van der Waals surface area contributed by atoms with Crippen molar-refractivity contribution in [2.75, 3.05) is 19.8 Å². The largest absolute Gasteiger partial charge is 0.747 e. The molecule has 0 aromatic carbocycles. The Kier molecular flexibility index (Phi) is 15.1. The molecule has 0 saturated heterocycles. The normalized spacial score (nSPS) is 11.9. The van der Waals surface area contributed by atoms with Crippen molar-refractivity contribution in [1.82, 2.24) is 0 Å². The van der Waals surface area contributed by atoms with Gasteiger partial charge in [-0.05, 0) is 19.8 Å². The van der Waals surface area contributed by atoms with E-state index in [9.17, 15) is 9.13 Å². The fourth-order valence-corrected chi connectivity index (χ4v) is 1.55. The molecule has 0 aliphatic carbocycles. The molecule has 0 aromatic heterocycles. The molecule has 0 rings (SSSR count). The first-order valence-electron chi connectivity index (χ1n) is 4.97. The summed E-state index contributed by atoms with van der Waals surface area (Å²) in [6.45, 7) is 8.07. The van der Waals surface area contributed by atoms with Crippen LogP contribution in [0.4, 0.5) is 0 Å². The minimum absolute atomic E-state index is 0.254. The second-order valence-corrected chi connectivity index (χ2v) is 5.00. The Balaban J connectivity index is 0. The van der Waals surface area contributed by atoms with E-state index in [1.807, 2.05) is 13.8 Å². The van der Waals surface area contributed by atoms with Crippen molar-refractivity contribution in [2.45, 2.75) is 27.7 Å². The third kappa shape index (κ3) is 16.5. The highest BCUT2D eigenvalue weighted by molar-refractivity contribution is 7.47. The molecule has 0 amide bonds. The Bertz CT molecular complexity index is 181. The van der Waals surface area contributed by atoms with Crippen LogP contribution in [0.3, 0.4) is 0 Å². The second kappa shape index (κ2) is 13.1. The molecule has 0 heterocycles. The van der Waals surface area contributed by atoms with E-state index in [0.29, 0.717) is 12.5 Å². The number of hydrogen-bond acceptors (Lipinski definition) is 6. The van der Waals surface area contributed by atoms with Crippen LogP contribution in [0.25, 0.3) is 0 Å². The highest BCUT2D eigenvalue weighted by Gasteiger charge is 2.38. The molecule has 0 aliphatic rings. The van der Waals surface area contributed by atoms with Crippen LogP contribution in [0, 0.1) is 5.92 Å². The van der Waals surface area contributed by atoms with Gasteiger partial charge in [0.1, 0.15) is 13.2 Å². The quantitative estimate of drug-likeness (QED) is 0.718. The lowest BCUT2D eigenvalue weighted by molar-refractivity contribution is 0.248. The predicted octanol–water partition coefficient (Wildman–Crippen LogP) is 3.03. The van der Waals surface area contributed by atoms with E-state index in [1.165, 1.54) is 0 Å². The highest BCUT2D eigenvalue weighted by Crippen LogP contribution is 2.39. The zero-order chi connectivity index (χ0) is 13.0. The lowest BCUT2D eigenvalue weighted by atomic mass is 10.2. The van der Waals surface area contributed by atoms with Crippen LogP contribution >= 0.6 is 16.5 Å². The summed E-state index contributed by atoms with van der Waals surface area (Å²) in [7, 11) is -4.58. The number of rotatable bonds is 7. The van der Waals surface area contributed by atoms with Gasteiger partial charge in [-0.25, -0.2) is 0 Å². The van der Waals surface area contributed by atoms with Crippen molar-refractivity contribution >= 4 is 16.5 Å². The Morgan fingerprint density at radius 1 is 1.06 bits per heavy atom. The van der Waals surface area contributed by atoms with E-state index in [0.717, 1.165) is 0 Å². The Morgan fingerprint density at radius 3 is 1.56 bits per heavy atom. The van der Waals surface area contributed by atoms with Crippen LogP contribution in [0.1, 0.15) is 27.7 Å². The van der Waals surface area contributed by atoms with Gasteiger partial charge in [-0.2, -0.15) is 0 Å². The molecule has 2 unspecified atom stereocenters. The lowest BCUT2D eigenvalue weighted by Crippen LogP contribution is -1.90. The first-order chi connectivity index (χ1) is 7.47. The summed E-state index contributed by atoms with van der Waals surface area (Å²) in [4.78, 5) is 0. The van der Waals surface area contributed by atoms with Gasteiger partial charge in [-0.1, -0.05) is 13.8 Å². The molecule has 16 heavy (non-hydrogen) atoms. The van der Waals surface area contributed by atoms with Crippen molar-refractivity contribution in [2.24, 2.45) is 5.92 Å². The maximum absolute atomic E-state index is 10.6. The van der Waals surface area contributed by atoms with E-state index in [-0.39, 0.29) is 13.2 Å². The molecular formula is C8H20O6P2+2. The molecule has 0 saturated carbocycles. The van der Waals surface area contributed by atoms with Gasteiger partial charge in [0.15, 0.2) is 4.31 Å². The van der Waals surface area contributed by atoms with Gasteiger partial charge in [0, 0.05) is 15.7 Å². The van der Waals surface area contributed by atoms with Crippen LogP contribution in [0.5, 0.6) is 0 Å². The van der Waals surface area contributed by atoms with Gasteiger partial charge in [-0.15, -0.1) is 9.05 Å². The molecule has 0 radical (unpaired) electrons. The minimum atomic E-state index is -2.29. The summed E-state index contributed by atoms with van der Waals surface area (Å²) in [5, 5.41) is 8.14. The van der Waals surface area contributed by atoms with Gasteiger partial charge in [0.2, 0.25) is 0 Å². The fraction of sp³-hybridized carbons (Fsp3) is 1.00. The van der Waals surface area contributed by atoms with Crippen LogP contribution in [-0.2, 0) is 22.5 Å². The maximum Gasteiger partial charge on any atom is 0.747 e. The van der Waals surface area contributed by atoms with Crippen molar-refractivity contribution in [1.29, 1.82) is 0 Å².